The number of nitrogens with zero attached hydrogens (tertiary/aromatic N) is 1. The Morgan fingerprint density at radius 1 is 1.00 bits per heavy atom. The van der Waals surface area contributed by atoms with Crippen molar-refractivity contribution in [1.29, 1.82) is 5.26 Å². The van der Waals surface area contributed by atoms with Crippen molar-refractivity contribution in [1.82, 2.24) is 0 Å². The molecule has 0 saturated carbocycles. The Hall–Kier alpha value is -4.43. The molecule has 0 aliphatic carbocycles. The maximum absolute atomic E-state index is 12.9. The molecule has 2 aromatic carbocycles. The molecule has 2 amide bonds. The van der Waals surface area contributed by atoms with Crippen molar-refractivity contribution in [2.45, 2.75) is 4.90 Å². The van der Waals surface area contributed by atoms with E-state index in [0.29, 0.717) is 10.6 Å². The summed E-state index contributed by atoms with van der Waals surface area (Å²) in [5.41, 5.74) is 0.513. The average Bonchev–Trinajstić information content (AvgIpc) is 3.42. The van der Waals surface area contributed by atoms with Crippen LogP contribution in [-0.4, -0.2) is 44.4 Å². The topological polar surface area (TPSA) is 140 Å². The summed E-state index contributed by atoms with van der Waals surface area (Å²) in [5, 5.41) is 14.0. The van der Waals surface area contributed by atoms with Crippen LogP contribution >= 0.6 is 11.8 Å². The molecule has 3 rings (SSSR count). The lowest BCUT2D eigenvalue weighted by atomic mass is 10.1. The van der Waals surface area contributed by atoms with Crippen LogP contribution in [0.5, 0.6) is 11.5 Å². The Labute approximate surface area is 205 Å². The maximum atomic E-state index is 12.9. The first kappa shape index (κ1) is 25.2. The summed E-state index contributed by atoms with van der Waals surface area (Å²) in [5.74, 6) is -1.31. The Morgan fingerprint density at radius 2 is 1.74 bits per heavy atom. The lowest BCUT2D eigenvalue weighted by Crippen LogP contribution is -2.22. The first-order chi connectivity index (χ1) is 17.0. The standard InChI is InChI=1S/C24H21N3O7S/c1-31-19-12-15(17(13-20(19)32-2)27-23(29)18-7-5-10-33-18)24(30)34-14-22(28)26-16-6-3-4-8-21(16)35-11-9-25/h3-8,10,12-13H,11,14H2,1-2H3,(H,26,28)(H,27,29). The normalized spacial score (nSPS) is 10.1. The van der Waals surface area contributed by atoms with Gasteiger partial charge >= 0.3 is 5.97 Å². The summed E-state index contributed by atoms with van der Waals surface area (Å²) < 4.78 is 20.8. The predicted octanol–water partition coefficient (Wildman–Crippen LogP) is 3.96. The van der Waals surface area contributed by atoms with Crippen molar-refractivity contribution in [3.63, 3.8) is 0 Å². The lowest BCUT2D eigenvalue weighted by Gasteiger charge is -2.15. The van der Waals surface area contributed by atoms with Crippen LogP contribution in [0.3, 0.4) is 0 Å². The number of ether oxygens (including phenoxy) is 3. The molecule has 11 heteroatoms. The van der Waals surface area contributed by atoms with Gasteiger partial charge in [0.1, 0.15) is 0 Å². The minimum absolute atomic E-state index is 0.0337. The van der Waals surface area contributed by atoms with Crippen LogP contribution in [0.25, 0.3) is 0 Å². The second kappa shape index (κ2) is 12.2. The van der Waals surface area contributed by atoms with Crippen molar-refractivity contribution in [2.75, 3.05) is 37.2 Å². The third kappa shape index (κ3) is 6.55. The van der Waals surface area contributed by atoms with Crippen molar-refractivity contribution >= 4 is 40.9 Å². The Kier molecular flexibility index (Phi) is 8.75. The van der Waals surface area contributed by atoms with E-state index in [-0.39, 0.29) is 34.3 Å². The molecule has 1 heterocycles. The van der Waals surface area contributed by atoms with Gasteiger partial charge < -0.3 is 29.3 Å². The van der Waals surface area contributed by atoms with Crippen molar-refractivity contribution in [3.8, 4) is 17.6 Å². The van der Waals surface area contributed by atoms with Gasteiger partial charge in [-0.15, -0.1) is 11.8 Å². The molecule has 0 bridgehead atoms. The quantitative estimate of drug-likeness (QED) is 0.316. The van der Waals surface area contributed by atoms with Gasteiger partial charge in [-0.1, -0.05) is 12.1 Å². The zero-order chi connectivity index (χ0) is 25.2. The summed E-state index contributed by atoms with van der Waals surface area (Å²) in [7, 11) is 2.80. The molecule has 0 aliphatic rings. The summed E-state index contributed by atoms with van der Waals surface area (Å²) in [6.07, 6.45) is 1.34. The van der Waals surface area contributed by atoms with Crippen LogP contribution in [0.15, 0.2) is 64.1 Å². The third-order valence-electron chi connectivity index (χ3n) is 4.52. The fourth-order valence-corrected chi connectivity index (χ4v) is 3.61. The van der Waals surface area contributed by atoms with E-state index < -0.39 is 24.4 Å². The minimum atomic E-state index is -0.872. The van der Waals surface area contributed by atoms with Crippen LogP contribution < -0.4 is 20.1 Å². The number of carbonyl (C=O) groups is 3. The molecule has 0 spiro atoms. The van der Waals surface area contributed by atoms with Crippen molar-refractivity contribution in [2.24, 2.45) is 0 Å². The van der Waals surface area contributed by atoms with Crippen molar-refractivity contribution < 1.29 is 33.0 Å². The number of carbonyl (C=O) groups excluding carboxylic acids is 3. The Bertz CT molecular complexity index is 1250. The van der Waals surface area contributed by atoms with Gasteiger partial charge in [-0.3, -0.25) is 9.59 Å². The number of amides is 2. The van der Waals surface area contributed by atoms with Crippen LogP contribution in [-0.2, 0) is 9.53 Å². The van der Waals surface area contributed by atoms with E-state index in [0.717, 1.165) is 0 Å². The molecule has 0 unspecified atom stereocenters. The summed E-state index contributed by atoms with van der Waals surface area (Å²) in [6.45, 7) is -0.587. The fourth-order valence-electron chi connectivity index (χ4n) is 2.94. The minimum Gasteiger partial charge on any atom is -0.493 e. The number of para-hydroxylation sites is 1. The van der Waals surface area contributed by atoms with Gasteiger partial charge in [0, 0.05) is 17.0 Å². The van der Waals surface area contributed by atoms with Gasteiger partial charge in [0.2, 0.25) is 0 Å². The predicted molar refractivity (Wildman–Crippen MR) is 128 cm³/mol. The van der Waals surface area contributed by atoms with E-state index >= 15 is 0 Å². The van der Waals surface area contributed by atoms with Crippen molar-refractivity contribution in [3.05, 3.63) is 66.1 Å². The molecule has 1 aromatic heterocycles. The summed E-state index contributed by atoms with van der Waals surface area (Å²) >= 11 is 1.27. The summed E-state index contributed by atoms with van der Waals surface area (Å²) in [6, 6.07) is 14.7. The SMILES string of the molecule is COc1cc(NC(=O)c2ccco2)c(C(=O)OCC(=O)Nc2ccccc2SCC#N)cc1OC. The number of furan rings is 1. The molecule has 0 fully saturated rings. The fraction of sp³-hybridized carbons (Fsp3) is 0.167. The largest absolute Gasteiger partial charge is 0.493 e. The molecular formula is C24H21N3O7S. The van der Waals surface area contributed by atoms with E-state index in [9.17, 15) is 14.4 Å². The maximum Gasteiger partial charge on any atom is 0.340 e. The first-order valence-corrected chi connectivity index (χ1v) is 11.1. The van der Waals surface area contributed by atoms with E-state index in [1.54, 1.807) is 30.3 Å². The van der Waals surface area contributed by atoms with Gasteiger partial charge in [-0.25, -0.2) is 4.79 Å². The van der Waals surface area contributed by atoms with Gasteiger partial charge in [-0.05, 0) is 24.3 Å². The van der Waals surface area contributed by atoms with E-state index in [1.807, 2.05) is 6.07 Å². The second-order valence-corrected chi connectivity index (χ2v) is 7.77. The number of nitrogens with one attached hydrogen (secondary N) is 2. The van der Waals surface area contributed by atoms with Gasteiger partial charge in [0.25, 0.3) is 11.8 Å². The molecule has 3 aromatic rings. The van der Waals surface area contributed by atoms with Crippen LogP contribution in [0.4, 0.5) is 11.4 Å². The molecule has 180 valence electrons. The highest BCUT2D eigenvalue weighted by molar-refractivity contribution is 7.99. The number of hydrogen-bond acceptors (Lipinski definition) is 9. The number of esters is 1. The van der Waals surface area contributed by atoms with Gasteiger partial charge in [0.05, 0.1) is 49.2 Å². The highest BCUT2D eigenvalue weighted by atomic mass is 32.2. The molecular weight excluding hydrogens is 474 g/mol. The zero-order valence-corrected chi connectivity index (χ0v) is 19.6. The average molecular weight is 496 g/mol. The molecule has 0 saturated heterocycles. The third-order valence-corrected chi connectivity index (χ3v) is 5.46. The van der Waals surface area contributed by atoms with E-state index in [2.05, 4.69) is 10.6 Å². The van der Waals surface area contributed by atoms with Crippen LogP contribution in [0.1, 0.15) is 20.9 Å². The van der Waals surface area contributed by atoms with E-state index in [4.69, 9.17) is 23.9 Å². The highest BCUT2D eigenvalue weighted by Gasteiger charge is 2.22. The highest BCUT2D eigenvalue weighted by Crippen LogP contribution is 2.34. The smallest absolute Gasteiger partial charge is 0.340 e. The number of nitriles is 1. The zero-order valence-electron chi connectivity index (χ0n) is 18.8. The molecule has 0 radical (unpaired) electrons. The second-order valence-electron chi connectivity index (χ2n) is 6.75. The first-order valence-electron chi connectivity index (χ1n) is 10.1. The molecule has 10 nitrogen and oxygen atoms in total. The number of rotatable bonds is 10. The number of hydrogen-bond donors (Lipinski definition) is 2. The van der Waals surface area contributed by atoms with Gasteiger partial charge in [-0.2, -0.15) is 5.26 Å². The molecule has 0 atom stereocenters. The molecule has 2 N–H and O–H groups in total. The van der Waals surface area contributed by atoms with Crippen LogP contribution in [0, 0.1) is 11.3 Å². The Balaban J connectivity index is 1.75. The number of benzene rings is 2. The lowest BCUT2D eigenvalue weighted by molar-refractivity contribution is -0.119. The Morgan fingerprint density at radius 3 is 2.43 bits per heavy atom. The number of methoxy groups -OCH3 is 2. The molecule has 35 heavy (non-hydrogen) atoms. The van der Waals surface area contributed by atoms with Crippen LogP contribution in [0.2, 0.25) is 0 Å². The van der Waals surface area contributed by atoms with Gasteiger partial charge in [0.15, 0.2) is 23.9 Å². The number of anilines is 2. The summed E-state index contributed by atoms with van der Waals surface area (Å²) in [4.78, 5) is 38.4. The number of thioether (sulfide) groups is 1. The monoisotopic (exact) mass is 495 g/mol. The van der Waals surface area contributed by atoms with E-state index in [1.165, 1.54) is 50.4 Å². The molecule has 0 aliphatic heterocycles.